The number of alkyl halides is 1. The summed E-state index contributed by atoms with van der Waals surface area (Å²) >= 11 is 0. The third kappa shape index (κ3) is 6.77. The number of aliphatic hydroxyl groups excluding tert-OH is 1. The van der Waals surface area contributed by atoms with E-state index in [0.717, 1.165) is 0 Å². The molecule has 0 aliphatic carbocycles. The predicted molar refractivity (Wildman–Crippen MR) is 135 cm³/mol. The van der Waals surface area contributed by atoms with Gasteiger partial charge in [-0.1, -0.05) is 31.7 Å². The number of hydrogen-bond donors (Lipinski definition) is 3. The summed E-state index contributed by atoms with van der Waals surface area (Å²) in [5, 5.41) is 12.7. The Kier molecular flexibility index (Phi) is 9.14. The van der Waals surface area contributed by atoms with Gasteiger partial charge in [0.05, 0.1) is 30.8 Å². The lowest BCUT2D eigenvalue weighted by Gasteiger charge is -2.31. The number of amidine groups is 1. The molecule has 0 spiro atoms. The van der Waals surface area contributed by atoms with E-state index in [1.807, 2.05) is 0 Å². The zero-order valence-corrected chi connectivity index (χ0v) is 22.1. The summed E-state index contributed by atoms with van der Waals surface area (Å²) in [6.07, 6.45) is -1.40. The van der Waals surface area contributed by atoms with Crippen molar-refractivity contribution in [2.75, 3.05) is 13.2 Å². The molecule has 4 N–H and O–H groups in total. The number of hydrogen-bond acceptors (Lipinski definition) is 10. The molecule has 6 atom stereocenters. The smallest absolute Gasteiger partial charge is 0.459 e. The Morgan fingerprint density at radius 1 is 1.38 bits per heavy atom. The average Bonchev–Trinajstić information content (AvgIpc) is 3.08. The summed E-state index contributed by atoms with van der Waals surface area (Å²) < 4.78 is 51.8. The first-order valence-electron chi connectivity index (χ1n) is 11.8. The molecule has 13 heteroatoms. The minimum atomic E-state index is -4.22. The van der Waals surface area contributed by atoms with Gasteiger partial charge < -0.3 is 29.7 Å². The lowest BCUT2D eigenvalue weighted by Crippen LogP contribution is -2.44. The Labute approximate surface area is 215 Å². The number of halogens is 1. The molecule has 0 saturated carbocycles. The number of nitrogens with one attached hydrogen (secondary N) is 1. The van der Waals surface area contributed by atoms with Crippen LogP contribution in [0.4, 0.5) is 4.39 Å². The number of aliphatic imine (C=N–C) groups is 1. The average molecular weight is 541 g/mol. The van der Waals surface area contributed by atoms with Crippen molar-refractivity contribution in [1.29, 1.82) is 0 Å². The van der Waals surface area contributed by atoms with Gasteiger partial charge in [0.2, 0.25) is 0 Å². The molecular weight excluding hydrogens is 506 g/mol. The second kappa shape index (κ2) is 11.7. The number of nitrogens with two attached hydrogens (primary N) is 1. The highest BCUT2D eigenvalue weighted by Crippen LogP contribution is 2.48. The first-order chi connectivity index (χ1) is 17.4. The molecule has 2 unspecified atom stereocenters. The molecule has 1 aromatic rings. The van der Waals surface area contributed by atoms with Crippen LogP contribution in [0.25, 0.3) is 0 Å². The van der Waals surface area contributed by atoms with Crippen LogP contribution in [0.15, 0.2) is 60.0 Å². The molecule has 204 valence electrons. The lowest BCUT2D eigenvalue weighted by molar-refractivity contribution is -0.149. The van der Waals surface area contributed by atoms with E-state index < -0.39 is 56.9 Å². The van der Waals surface area contributed by atoms with Gasteiger partial charge in [-0.3, -0.25) is 9.32 Å². The van der Waals surface area contributed by atoms with Gasteiger partial charge >= 0.3 is 13.7 Å². The van der Waals surface area contributed by atoms with Gasteiger partial charge in [-0.25, -0.2) is 13.9 Å². The number of ether oxygens (including phenoxy) is 2. The van der Waals surface area contributed by atoms with Crippen molar-refractivity contribution in [3.8, 4) is 5.75 Å². The van der Waals surface area contributed by atoms with E-state index in [4.69, 9.17) is 24.3 Å². The number of esters is 1. The van der Waals surface area contributed by atoms with Crippen molar-refractivity contribution in [3.63, 3.8) is 0 Å². The van der Waals surface area contributed by atoms with Crippen LogP contribution in [0, 0.1) is 5.41 Å². The molecule has 3 rings (SSSR count). The normalized spacial score (nSPS) is 28.1. The molecule has 2 aliphatic rings. The maximum absolute atomic E-state index is 15.6. The van der Waals surface area contributed by atoms with Gasteiger partial charge in [0, 0.05) is 6.20 Å². The van der Waals surface area contributed by atoms with Crippen LogP contribution in [0.5, 0.6) is 5.75 Å². The molecule has 0 radical (unpaired) electrons. The van der Waals surface area contributed by atoms with Gasteiger partial charge in [-0.2, -0.15) is 5.09 Å². The Hall–Kier alpha value is -2.76. The van der Waals surface area contributed by atoms with Gasteiger partial charge in [0.15, 0.2) is 12.4 Å². The van der Waals surface area contributed by atoms with E-state index in [-0.39, 0.29) is 23.5 Å². The molecule has 2 aliphatic heterocycles. The van der Waals surface area contributed by atoms with Crippen molar-refractivity contribution >= 4 is 19.6 Å². The Morgan fingerprint density at radius 2 is 2.05 bits per heavy atom. The fourth-order valence-corrected chi connectivity index (χ4v) is 5.23. The van der Waals surface area contributed by atoms with E-state index in [2.05, 4.69) is 16.7 Å². The highest BCUT2D eigenvalue weighted by Gasteiger charge is 2.56. The summed E-state index contributed by atoms with van der Waals surface area (Å²) in [6, 6.07) is 7.16. The van der Waals surface area contributed by atoms with Crippen molar-refractivity contribution in [2.45, 2.75) is 58.3 Å². The van der Waals surface area contributed by atoms with E-state index in [0.29, 0.717) is 0 Å². The van der Waals surface area contributed by atoms with Crippen LogP contribution in [-0.4, -0.2) is 65.7 Å². The highest BCUT2D eigenvalue weighted by molar-refractivity contribution is 7.52. The number of nitrogens with zero attached hydrogens (tertiary/aromatic N) is 2. The summed E-state index contributed by atoms with van der Waals surface area (Å²) in [4.78, 5) is 17.7. The Bertz CT molecular complexity index is 1090. The maximum atomic E-state index is 15.6. The summed E-state index contributed by atoms with van der Waals surface area (Å²) in [6.45, 7) is 9.05. The van der Waals surface area contributed by atoms with Gasteiger partial charge in [-0.15, -0.1) is 0 Å². The SMILES string of the molecule is C=C1N=C(N)C=CN1[C@@H]1O[C@H](COP(=O)(N[C@@H](C)C(=O)OC(C)C)Oc2ccccc2)C(C)(CO)[C@H]1F. The van der Waals surface area contributed by atoms with Crippen LogP contribution < -0.4 is 15.3 Å². The molecule has 11 nitrogen and oxygen atoms in total. The van der Waals surface area contributed by atoms with Crippen molar-refractivity contribution in [2.24, 2.45) is 16.1 Å². The van der Waals surface area contributed by atoms with Crippen molar-refractivity contribution in [3.05, 3.63) is 55.0 Å². The van der Waals surface area contributed by atoms with Gasteiger partial charge in [0.1, 0.15) is 23.4 Å². The third-order valence-corrected chi connectivity index (χ3v) is 7.56. The number of carbonyl (C=O) groups excluding carboxylic acids is 1. The molecular formula is C24H34FN4O7P. The summed E-state index contributed by atoms with van der Waals surface area (Å²) in [5.41, 5.74) is 4.23. The van der Waals surface area contributed by atoms with Crippen molar-refractivity contribution in [1.82, 2.24) is 9.99 Å². The molecule has 1 aromatic carbocycles. The monoisotopic (exact) mass is 540 g/mol. The number of para-hydroxylation sites is 1. The first-order valence-corrected chi connectivity index (χ1v) is 13.3. The molecule has 0 bridgehead atoms. The minimum absolute atomic E-state index is 0.159. The summed E-state index contributed by atoms with van der Waals surface area (Å²) in [5.74, 6) is -0.0835. The number of benzene rings is 1. The van der Waals surface area contributed by atoms with E-state index in [1.165, 1.54) is 31.0 Å². The minimum Gasteiger partial charge on any atom is -0.462 e. The van der Waals surface area contributed by atoms with E-state index >= 15 is 4.39 Å². The van der Waals surface area contributed by atoms with Crippen LogP contribution in [0.1, 0.15) is 27.7 Å². The molecule has 1 fully saturated rings. The van der Waals surface area contributed by atoms with Gasteiger partial charge in [-0.05, 0) is 39.0 Å². The molecule has 2 heterocycles. The number of carbonyl (C=O) groups is 1. The quantitative estimate of drug-likeness (QED) is 0.283. The molecule has 37 heavy (non-hydrogen) atoms. The topological polar surface area (TPSA) is 145 Å². The molecule has 0 amide bonds. The fourth-order valence-electron chi connectivity index (χ4n) is 3.74. The number of aliphatic hydroxyl groups is 1. The largest absolute Gasteiger partial charge is 0.462 e. The zero-order chi connectivity index (χ0) is 27.4. The third-order valence-electron chi connectivity index (χ3n) is 5.92. The highest BCUT2D eigenvalue weighted by atomic mass is 31.2. The standard InChI is InChI=1S/C24H34FN4O7P/c1-15(2)34-23(31)16(3)28-37(32,36-18-9-7-6-8-10-18)33-13-19-24(5,14-30)21(25)22(35-19)29-12-11-20(26)27-17(29)4/h6-12,15-16,19,21-22,30H,4,13-14H2,1-3,5H3,(H2,26,27)(H,28,32)/t16-,19+,21-,22+,24?,37?/m0/s1. The first kappa shape index (κ1) is 28.8. The van der Waals surface area contributed by atoms with Crippen molar-refractivity contribution < 1.29 is 37.4 Å². The van der Waals surface area contributed by atoms with Gasteiger partial charge in [0.25, 0.3) is 0 Å². The lowest BCUT2D eigenvalue weighted by atomic mass is 9.82. The summed E-state index contributed by atoms with van der Waals surface area (Å²) in [7, 11) is -4.22. The van der Waals surface area contributed by atoms with E-state index in [1.54, 1.807) is 44.2 Å². The van der Waals surface area contributed by atoms with Crippen LogP contribution >= 0.6 is 7.75 Å². The second-order valence-corrected chi connectivity index (χ2v) is 11.0. The Morgan fingerprint density at radius 3 is 2.65 bits per heavy atom. The fraction of sp³-hybridized carbons (Fsp3) is 0.500. The van der Waals surface area contributed by atoms with Crippen LogP contribution in [0.2, 0.25) is 0 Å². The van der Waals surface area contributed by atoms with Crippen LogP contribution in [0.3, 0.4) is 0 Å². The zero-order valence-electron chi connectivity index (χ0n) is 21.2. The molecule has 0 aromatic heterocycles. The van der Waals surface area contributed by atoms with E-state index in [9.17, 15) is 14.5 Å². The predicted octanol–water partition coefficient (Wildman–Crippen LogP) is 2.84. The number of rotatable bonds is 11. The molecule has 1 saturated heterocycles. The Balaban J connectivity index is 1.80. The van der Waals surface area contributed by atoms with Crippen LogP contribution in [-0.2, 0) is 23.4 Å². The second-order valence-electron chi connectivity index (χ2n) is 9.29. The maximum Gasteiger partial charge on any atom is 0.459 e.